The summed E-state index contributed by atoms with van der Waals surface area (Å²) in [6, 6.07) is 12.2. The molecular weight excluding hydrogens is 372 g/mol. The van der Waals surface area contributed by atoms with Crippen molar-refractivity contribution in [3.8, 4) is 0 Å². The second kappa shape index (κ2) is 9.34. The summed E-state index contributed by atoms with van der Waals surface area (Å²) < 4.78 is 29.0. The largest absolute Gasteiger partial charge is 0.352 e. The SMILES string of the molecule is CC[C@@H](C)NC(=O)[C@@H](Cc1ccccc1)NS(=O)(=O)c1c(C)cc(C)cc1C. The maximum absolute atomic E-state index is 13.2. The van der Waals surface area contributed by atoms with Gasteiger partial charge in [0.2, 0.25) is 15.9 Å². The Bertz CT molecular complexity index is 901. The van der Waals surface area contributed by atoms with E-state index in [9.17, 15) is 13.2 Å². The number of carbonyl (C=O) groups excluding carboxylic acids is 1. The molecule has 28 heavy (non-hydrogen) atoms. The molecule has 0 radical (unpaired) electrons. The maximum atomic E-state index is 13.2. The molecule has 0 spiro atoms. The Hall–Kier alpha value is -2.18. The number of hydrogen-bond acceptors (Lipinski definition) is 3. The summed E-state index contributed by atoms with van der Waals surface area (Å²) in [6.45, 7) is 9.36. The Kier molecular flexibility index (Phi) is 7.38. The second-order valence-corrected chi connectivity index (χ2v) is 9.06. The van der Waals surface area contributed by atoms with Crippen molar-refractivity contribution in [3.05, 3.63) is 64.7 Å². The van der Waals surface area contributed by atoms with E-state index in [-0.39, 0.29) is 23.3 Å². The molecular formula is C22H30N2O3S. The van der Waals surface area contributed by atoms with Crippen molar-refractivity contribution in [1.82, 2.24) is 10.0 Å². The van der Waals surface area contributed by atoms with E-state index in [1.165, 1.54) is 0 Å². The summed E-state index contributed by atoms with van der Waals surface area (Å²) in [5.41, 5.74) is 3.24. The summed E-state index contributed by atoms with van der Waals surface area (Å²) in [4.78, 5) is 13.1. The molecule has 0 aromatic heterocycles. The third-order valence-corrected chi connectivity index (χ3v) is 6.55. The fourth-order valence-electron chi connectivity index (χ4n) is 3.32. The van der Waals surface area contributed by atoms with E-state index in [1.807, 2.05) is 63.2 Å². The minimum Gasteiger partial charge on any atom is -0.352 e. The molecule has 2 N–H and O–H groups in total. The zero-order valence-corrected chi connectivity index (χ0v) is 18.1. The molecule has 0 aliphatic rings. The van der Waals surface area contributed by atoms with Crippen LogP contribution in [0.4, 0.5) is 0 Å². The number of hydrogen-bond donors (Lipinski definition) is 2. The number of sulfonamides is 1. The molecule has 0 fully saturated rings. The number of rotatable bonds is 8. The standard InChI is InChI=1S/C22H30N2O3S/c1-6-18(5)23-22(25)20(14-19-10-8-7-9-11-19)24-28(26,27)21-16(3)12-15(2)13-17(21)4/h7-13,18,20,24H,6,14H2,1-5H3,(H,23,25)/t18-,20-/m1/s1. The van der Waals surface area contributed by atoms with Gasteiger partial charge in [0.15, 0.2) is 0 Å². The van der Waals surface area contributed by atoms with Gasteiger partial charge >= 0.3 is 0 Å². The van der Waals surface area contributed by atoms with Crippen LogP contribution in [0.5, 0.6) is 0 Å². The topological polar surface area (TPSA) is 75.3 Å². The fourth-order valence-corrected chi connectivity index (χ4v) is 4.97. The molecule has 0 saturated heterocycles. The molecule has 152 valence electrons. The molecule has 0 saturated carbocycles. The fraction of sp³-hybridized carbons (Fsp3) is 0.409. The van der Waals surface area contributed by atoms with Gasteiger partial charge in [-0.25, -0.2) is 8.42 Å². The Labute approximate surface area is 168 Å². The van der Waals surface area contributed by atoms with Crippen molar-refractivity contribution in [2.24, 2.45) is 0 Å². The monoisotopic (exact) mass is 402 g/mol. The average molecular weight is 403 g/mol. The van der Waals surface area contributed by atoms with Gasteiger partial charge in [0.25, 0.3) is 0 Å². The molecule has 5 nitrogen and oxygen atoms in total. The van der Waals surface area contributed by atoms with Crippen LogP contribution in [0.15, 0.2) is 47.4 Å². The Morgan fingerprint density at radius 3 is 2.14 bits per heavy atom. The van der Waals surface area contributed by atoms with Crippen molar-refractivity contribution in [2.45, 2.75) is 64.4 Å². The van der Waals surface area contributed by atoms with Crippen LogP contribution in [-0.2, 0) is 21.2 Å². The first-order valence-corrected chi connectivity index (χ1v) is 11.1. The van der Waals surface area contributed by atoms with Crippen LogP contribution in [-0.4, -0.2) is 26.4 Å². The molecule has 0 bridgehead atoms. The summed E-state index contributed by atoms with van der Waals surface area (Å²) in [5.74, 6) is -0.316. The van der Waals surface area contributed by atoms with Crippen LogP contribution in [0, 0.1) is 20.8 Å². The van der Waals surface area contributed by atoms with Crippen molar-refractivity contribution in [3.63, 3.8) is 0 Å². The highest BCUT2D eigenvalue weighted by molar-refractivity contribution is 7.89. The maximum Gasteiger partial charge on any atom is 0.241 e. The van der Waals surface area contributed by atoms with Crippen LogP contribution in [0.3, 0.4) is 0 Å². The highest BCUT2D eigenvalue weighted by Crippen LogP contribution is 2.22. The lowest BCUT2D eigenvalue weighted by molar-refractivity contribution is -0.123. The number of amides is 1. The lowest BCUT2D eigenvalue weighted by Crippen LogP contribution is -2.50. The summed E-state index contributed by atoms with van der Waals surface area (Å²) in [6.07, 6.45) is 1.05. The first-order chi connectivity index (χ1) is 13.1. The molecule has 0 heterocycles. The first-order valence-electron chi connectivity index (χ1n) is 9.58. The molecule has 0 unspecified atom stereocenters. The van der Waals surface area contributed by atoms with Gasteiger partial charge in [-0.3, -0.25) is 4.79 Å². The van der Waals surface area contributed by atoms with Crippen molar-refractivity contribution < 1.29 is 13.2 Å². The van der Waals surface area contributed by atoms with Gasteiger partial charge in [0, 0.05) is 6.04 Å². The molecule has 2 aromatic carbocycles. The molecule has 1 amide bonds. The molecule has 2 atom stereocenters. The van der Waals surface area contributed by atoms with Gasteiger partial charge in [-0.1, -0.05) is 55.0 Å². The van der Waals surface area contributed by atoms with Gasteiger partial charge in [0.05, 0.1) is 4.90 Å². The lowest BCUT2D eigenvalue weighted by Gasteiger charge is -2.22. The number of aryl methyl sites for hydroxylation is 3. The normalized spacial score (nSPS) is 13.8. The molecule has 2 rings (SSSR count). The Morgan fingerprint density at radius 1 is 1.04 bits per heavy atom. The van der Waals surface area contributed by atoms with Crippen LogP contribution < -0.4 is 10.0 Å². The molecule has 2 aromatic rings. The van der Waals surface area contributed by atoms with E-state index in [4.69, 9.17) is 0 Å². The van der Waals surface area contributed by atoms with Crippen molar-refractivity contribution >= 4 is 15.9 Å². The number of benzene rings is 2. The van der Waals surface area contributed by atoms with Crippen molar-refractivity contribution in [2.75, 3.05) is 0 Å². The van der Waals surface area contributed by atoms with Crippen molar-refractivity contribution in [1.29, 1.82) is 0 Å². The highest BCUT2D eigenvalue weighted by atomic mass is 32.2. The van der Waals surface area contributed by atoms with E-state index < -0.39 is 16.1 Å². The van der Waals surface area contributed by atoms with Gasteiger partial charge in [-0.05, 0) is 57.2 Å². The van der Waals surface area contributed by atoms with Gasteiger partial charge < -0.3 is 5.32 Å². The van der Waals surface area contributed by atoms with E-state index in [0.717, 1.165) is 17.5 Å². The average Bonchev–Trinajstić information content (AvgIpc) is 2.60. The smallest absolute Gasteiger partial charge is 0.241 e. The van der Waals surface area contributed by atoms with Gasteiger partial charge in [0.1, 0.15) is 6.04 Å². The van der Waals surface area contributed by atoms with E-state index in [2.05, 4.69) is 10.0 Å². The van der Waals surface area contributed by atoms with Crippen LogP contribution in [0.2, 0.25) is 0 Å². The quantitative estimate of drug-likeness (QED) is 0.710. The predicted molar refractivity (Wildman–Crippen MR) is 113 cm³/mol. The Balaban J connectivity index is 2.36. The van der Waals surface area contributed by atoms with E-state index >= 15 is 0 Å². The molecule has 0 aliphatic heterocycles. The highest BCUT2D eigenvalue weighted by Gasteiger charge is 2.28. The molecule has 6 heteroatoms. The van der Waals surface area contributed by atoms with Crippen LogP contribution in [0.1, 0.15) is 42.5 Å². The van der Waals surface area contributed by atoms with E-state index in [1.54, 1.807) is 13.8 Å². The number of nitrogens with one attached hydrogen (secondary N) is 2. The van der Waals surface area contributed by atoms with E-state index in [0.29, 0.717) is 11.1 Å². The lowest BCUT2D eigenvalue weighted by atomic mass is 10.1. The van der Waals surface area contributed by atoms with Gasteiger partial charge in [-0.2, -0.15) is 4.72 Å². The van der Waals surface area contributed by atoms with Gasteiger partial charge in [-0.15, -0.1) is 0 Å². The summed E-state index contributed by atoms with van der Waals surface area (Å²) in [7, 11) is -3.86. The molecule has 0 aliphatic carbocycles. The summed E-state index contributed by atoms with van der Waals surface area (Å²) in [5, 5.41) is 2.90. The zero-order chi connectivity index (χ0) is 20.9. The Morgan fingerprint density at radius 2 is 1.61 bits per heavy atom. The van der Waals surface area contributed by atoms with Crippen LogP contribution >= 0.6 is 0 Å². The van der Waals surface area contributed by atoms with Crippen LogP contribution in [0.25, 0.3) is 0 Å². The third kappa shape index (κ3) is 5.66. The number of carbonyl (C=O) groups is 1. The first kappa shape index (κ1) is 22.1. The summed E-state index contributed by atoms with van der Waals surface area (Å²) >= 11 is 0. The minimum atomic E-state index is -3.86. The second-order valence-electron chi connectivity index (χ2n) is 7.41. The predicted octanol–water partition coefficient (Wildman–Crippen LogP) is 3.42. The minimum absolute atomic E-state index is 0.0295. The third-order valence-electron chi connectivity index (χ3n) is 4.77. The zero-order valence-electron chi connectivity index (χ0n) is 17.2.